The van der Waals surface area contributed by atoms with Crippen LogP contribution in [-0.2, 0) is 0 Å². The van der Waals surface area contributed by atoms with Crippen molar-refractivity contribution in [3.05, 3.63) is 39.4 Å². The van der Waals surface area contributed by atoms with E-state index in [0.29, 0.717) is 25.0 Å². The van der Waals surface area contributed by atoms with Gasteiger partial charge in [-0.15, -0.1) is 0 Å². The maximum atomic E-state index is 13.6. The third-order valence-corrected chi connectivity index (χ3v) is 3.59. The number of carbonyl (C=O) groups excluding carboxylic acids is 1. The van der Waals surface area contributed by atoms with Crippen molar-refractivity contribution in [2.24, 2.45) is 0 Å². The molecule has 21 heavy (non-hydrogen) atoms. The molecular weight excluding hydrogens is 286 g/mol. The zero-order chi connectivity index (χ0) is 15.6. The summed E-state index contributed by atoms with van der Waals surface area (Å²) in [4.78, 5) is 21.4. The van der Waals surface area contributed by atoms with E-state index in [4.69, 9.17) is 0 Å². The van der Waals surface area contributed by atoms with Crippen molar-refractivity contribution >= 4 is 11.6 Å². The lowest BCUT2D eigenvalue weighted by atomic mass is 10.0. The highest BCUT2D eigenvalue weighted by molar-refractivity contribution is 5.95. The first-order chi connectivity index (χ1) is 9.82. The van der Waals surface area contributed by atoms with Crippen molar-refractivity contribution in [2.45, 2.75) is 31.3 Å². The Morgan fingerprint density at radius 3 is 2.52 bits per heavy atom. The molecule has 1 saturated carbocycles. The molecule has 1 aliphatic rings. The van der Waals surface area contributed by atoms with Gasteiger partial charge >= 0.3 is 5.69 Å². The second kappa shape index (κ2) is 5.72. The fourth-order valence-corrected chi connectivity index (χ4v) is 2.40. The number of hydrogen-bond donors (Lipinski definition) is 2. The molecule has 2 N–H and O–H groups in total. The van der Waals surface area contributed by atoms with Crippen molar-refractivity contribution < 1.29 is 23.6 Å². The number of rotatable bonds is 4. The van der Waals surface area contributed by atoms with E-state index >= 15 is 0 Å². The van der Waals surface area contributed by atoms with Crippen molar-refractivity contribution in [1.29, 1.82) is 0 Å². The molecule has 0 bridgehead atoms. The van der Waals surface area contributed by atoms with E-state index in [1.807, 2.05) is 0 Å². The molecule has 0 radical (unpaired) electrons. The summed E-state index contributed by atoms with van der Waals surface area (Å²) in [5, 5.41) is 23.0. The molecule has 1 aromatic carbocycles. The Balaban J connectivity index is 2.15. The van der Waals surface area contributed by atoms with E-state index in [2.05, 4.69) is 5.32 Å². The molecule has 1 aliphatic carbocycles. The number of carbonyl (C=O) groups is 1. The van der Waals surface area contributed by atoms with Gasteiger partial charge in [0.05, 0.1) is 16.1 Å². The molecule has 0 aliphatic heterocycles. The molecule has 0 heterocycles. The fourth-order valence-electron chi connectivity index (χ4n) is 2.40. The molecule has 2 rings (SSSR count). The largest absolute Gasteiger partial charge is 0.388 e. The van der Waals surface area contributed by atoms with E-state index in [9.17, 15) is 28.8 Å². The molecule has 1 amide bonds. The molecule has 0 unspecified atom stereocenters. The average Bonchev–Trinajstić information content (AvgIpc) is 2.83. The van der Waals surface area contributed by atoms with Gasteiger partial charge in [0.1, 0.15) is 5.82 Å². The summed E-state index contributed by atoms with van der Waals surface area (Å²) in [6.07, 6.45) is 2.73. The van der Waals surface area contributed by atoms with Crippen LogP contribution in [0.4, 0.5) is 14.5 Å². The third-order valence-electron chi connectivity index (χ3n) is 3.59. The summed E-state index contributed by atoms with van der Waals surface area (Å²) >= 11 is 0. The molecule has 0 aromatic heterocycles. The SMILES string of the molecule is O=C(NCC1(O)CCCC1)c1cc([N+](=O)[O-])c(F)cc1F. The minimum Gasteiger partial charge on any atom is -0.388 e. The molecule has 0 spiro atoms. The van der Waals surface area contributed by atoms with Gasteiger partial charge in [-0.1, -0.05) is 12.8 Å². The highest BCUT2D eigenvalue weighted by Crippen LogP contribution is 2.29. The van der Waals surface area contributed by atoms with Crippen LogP contribution in [0.2, 0.25) is 0 Å². The molecule has 0 atom stereocenters. The van der Waals surface area contributed by atoms with Crippen LogP contribution in [0.5, 0.6) is 0 Å². The van der Waals surface area contributed by atoms with Crippen LogP contribution >= 0.6 is 0 Å². The van der Waals surface area contributed by atoms with Gasteiger partial charge in [0.15, 0.2) is 0 Å². The third kappa shape index (κ3) is 3.33. The summed E-state index contributed by atoms with van der Waals surface area (Å²) in [5.41, 5.74) is -2.62. The maximum absolute atomic E-state index is 13.6. The van der Waals surface area contributed by atoms with E-state index in [1.165, 1.54) is 0 Å². The first-order valence-electron chi connectivity index (χ1n) is 6.46. The van der Waals surface area contributed by atoms with E-state index in [1.54, 1.807) is 0 Å². The number of nitrogens with one attached hydrogen (secondary N) is 1. The van der Waals surface area contributed by atoms with Gasteiger partial charge in [-0.05, 0) is 12.8 Å². The number of benzene rings is 1. The zero-order valence-electron chi connectivity index (χ0n) is 11.1. The Hall–Kier alpha value is -2.09. The van der Waals surface area contributed by atoms with E-state index < -0.39 is 39.3 Å². The van der Waals surface area contributed by atoms with E-state index in [0.717, 1.165) is 12.8 Å². The van der Waals surface area contributed by atoms with Crippen LogP contribution in [0, 0.1) is 21.7 Å². The molecule has 1 aromatic rings. The van der Waals surface area contributed by atoms with Gasteiger partial charge in [-0.3, -0.25) is 14.9 Å². The highest BCUT2D eigenvalue weighted by atomic mass is 19.1. The lowest BCUT2D eigenvalue weighted by Gasteiger charge is -2.22. The number of nitro benzene ring substituents is 1. The smallest absolute Gasteiger partial charge is 0.305 e. The summed E-state index contributed by atoms with van der Waals surface area (Å²) < 4.78 is 26.7. The van der Waals surface area contributed by atoms with Crippen LogP contribution in [0.1, 0.15) is 36.0 Å². The first kappa shape index (κ1) is 15.3. The predicted molar refractivity (Wildman–Crippen MR) is 68.8 cm³/mol. The second-order valence-electron chi connectivity index (χ2n) is 5.15. The molecule has 1 fully saturated rings. The Labute approximate surface area is 118 Å². The van der Waals surface area contributed by atoms with E-state index in [-0.39, 0.29) is 6.54 Å². The Kier molecular flexibility index (Phi) is 4.17. The van der Waals surface area contributed by atoms with Gasteiger partial charge in [-0.25, -0.2) is 4.39 Å². The number of nitro groups is 1. The first-order valence-corrected chi connectivity index (χ1v) is 6.46. The highest BCUT2D eigenvalue weighted by Gasteiger charge is 2.32. The minimum atomic E-state index is -1.34. The molecular formula is C13H14F2N2O4. The lowest BCUT2D eigenvalue weighted by Crippen LogP contribution is -2.41. The van der Waals surface area contributed by atoms with Gasteiger partial charge in [0, 0.05) is 18.7 Å². The topological polar surface area (TPSA) is 92.5 Å². The summed E-state index contributed by atoms with van der Waals surface area (Å²) in [6, 6.07) is 0.857. The lowest BCUT2D eigenvalue weighted by molar-refractivity contribution is -0.387. The summed E-state index contributed by atoms with van der Waals surface area (Å²) in [7, 11) is 0. The van der Waals surface area contributed by atoms with Crippen molar-refractivity contribution in [2.75, 3.05) is 6.54 Å². The quantitative estimate of drug-likeness (QED) is 0.656. The van der Waals surface area contributed by atoms with Gasteiger partial charge < -0.3 is 10.4 Å². The Morgan fingerprint density at radius 1 is 1.33 bits per heavy atom. The van der Waals surface area contributed by atoms with Crippen molar-refractivity contribution in [3.8, 4) is 0 Å². The number of halogens is 2. The van der Waals surface area contributed by atoms with Crippen LogP contribution in [0.15, 0.2) is 12.1 Å². The summed E-state index contributed by atoms with van der Waals surface area (Å²) in [5.74, 6) is -3.45. The van der Waals surface area contributed by atoms with Gasteiger partial charge in [0.25, 0.3) is 5.91 Å². The number of hydrogen-bond acceptors (Lipinski definition) is 4. The van der Waals surface area contributed by atoms with Crippen molar-refractivity contribution in [1.82, 2.24) is 5.32 Å². The molecule has 114 valence electrons. The number of nitrogens with zero attached hydrogens (tertiary/aromatic N) is 1. The average molecular weight is 300 g/mol. The van der Waals surface area contributed by atoms with Gasteiger partial charge in [-0.2, -0.15) is 4.39 Å². The molecule has 8 heteroatoms. The van der Waals surface area contributed by atoms with Gasteiger partial charge in [0.2, 0.25) is 5.82 Å². The van der Waals surface area contributed by atoms with Crippen LogP contribution in [0.3, 0.4) is 0 Å². The fraction of sp³-hybridized carbons (Fsp3) is 0.462. The minimum absolute atomic E-state index is 0.0730. The van der Waals surface area contributed by atoms with Crippen LogP contribution in [-0.4, -0.2) is 28.1 Å². The number of amides is 1. The van der Waals surface area contributed by atoms with Crippen LogP contribution in [0.25, 0.3) is 0 Å². The second-order valence-corrected chi connectivity index (χ2v) is 5.15. The summed E-state index contributed by atoms with van der Waals surface area (Å²) in [6.45, 7) is -0.0730. The molecule has 6 nitrogen and oxygen atoms in total. The Morgan fingerprint density at radius 2 is 1.95 bits per heavy atom. The van der Waals surface area contributed by atoms with Crippen LogP contribution < -0.4 is 5.32 Å². The standard InChI is InChI=1S/C13H14F2N2O4/c14-9-6-10(15)11(17(20)21)5-8(9)12(18)16-7-13(19)3-1-2-4-13/h5-6,19H,1-4,7H2,(H,16,18). The van der Waals surface area contributed by atoms with Crippen molar-refractivity contribution in [3.63, 3.8) is 0 Å². The predicted octanol–water partition coefficient (Wildman–Crippen LogP) is 1.91. The Bertz CT molecular complexity index is 586. The number of aliphatic hydroxyl groups is 1. The maximum Gasteiger partial charge on any atom is 0.305 e. The molecule has 0 saturated heterocycles. The zero-order valence-corrected chi connectivity index (χ0v) is 11.1. The monoisotopic (exact) mass is 300 g/mol. The normalized spacial score (nSPS) is 16.7.